The molecule has 1 amide bonds. The van der Waals surface area contributed by atoms with E-state index in [0.717, 1.165) is 32.9 Å². The molecular formula is C19H18N4OS3. The summed E-state index contributed by atoms with van der Waals surface area (Å²) in [6, 6.07) is 7.94. The number of thiophene rings is 2. The number of carbonyl (C=O) groups excluding carboxylic acids is 1. The minimum absolute atomic E-state index is 0.243. The van der Waals surface area contributed by atoms with E-state index in [4.69, 9.17) is 5.73 Å². The van der Waals surface area contributed by atoms with Crippen LogP contribution in [0.25, 0.3) is 20.8 Å². The number of rotatable bonds is 5. The van der Waals surface area contributed by atoms with Gasteiger partial charge in [0.05, 0.1) is 16.3 Å². The van der Waals surface area contributed by atoms with Crippen molar-refractivity contribution in [2.24, 2.45) is 5.92 Å². The molecule has 0 aliphatic rings. The fraction of sp³-hybridized carbons (Fsp3) is 0.211. The molecule has 4 rings (SSSR count). The van der Waals surface area contributed by atoms with Crippen molar-refractivity contribution in [3.8, 4) is 10.6 Å². The van der Waals surface area contributed by atoms with Crippen LogP contribution in [-0.4, -0.2) is 15.9 Å². The Morgan fingerprint density at radius 1 is 1.22 bits per heavy atom. The van der Waals surface area contributed by atoms with Gasteiger partial charge in [-0.25, -0.2) is 9.97 Å². The van der Waals surface area contributed by atoms with Crippen LogP contribution >= 0.6 is 34.0 Å². The highest BCUT2D eigenvalue weighted by Crippen LogP contribution is 2.34. The van der Waals surface area contributed by atoms with Gasteiger partial charge in [-0.3, -0.25) is 10.1 Å². The fourth-order valence-electron chi connectivity index (χ4n) is 2.76. The third-order valence-corrected chi connectivity index (χ3v) is 6.74. The molecule has 0 aliphatic heterocycles. The first-order chi connectivity index (χ1) is 13.0. The van der Waals surface area contributed by atoms with Crippen LogP contribution < -0.4 is 11.1 Å². The Kier molecular flexibility index (Phi) is 4.94. The van der Waals surface area contributed by atoms with Crippen LogP contribution in [0.4, 0.5) is 10.8 Å². The molecule has 0 unspecified atom stereocenters. The molecule has 27 heavy (non-hydrogen) atoms. The molecule has 8 heteroatoms. The number of aromatic nitrogens is 2. The number of nitrogens with one attached hydrogen (secondary N) is 1. The second-order valence-electron chi connectivity index (χ2n) is 6.57. The second-order valence-corrected chi connectivity index (χ2v) is 9.37. The summed E-state index contributed by atoms with van der Waals surface area (Å²) in [7, 11) is 0. The molecule has 4 aromatic heterocycles. The first-order valence-corrected chi connectivity index (χ1v) is 11.1. The summed E-state index contributed by atoms with van der Waals surface area (Å²) < 4.78 is 0. The predicted octanol–water partition coefficient (Wildman–Crippen LogP) is 5.51. The van der Waals surface area contributed by atoms with Crippen molar-refractivity contribution < 1.29 is 4.79 Å². The van der Waals surface area contributed by atoms with Gasteiger partial charge in [0.15, 0.2) is 5.13 Å². The van der Waals surface area contributed by atoms with Crippen LogP contribution in [0.1, 0.15) is 29.2 Å². The first kappa shape index (κ1) is 18.1. The highest BCUT2D eigenvalue weighted by molar-refractivity contribution is 7.21. The lowest BCUT2D eigenvalue weighted by atomic mass is 10.1. The van der Waals surface area contributed by atoms with E-state index in [1.165, 1.54) is 22.7 Å². The third kappa shape index (κ3) is 3.73. The summed E-state index contributed by atoms with van der Waals surface area (Å²) in [5.74, 6) is 0.283. The van der Waals surface area contributed by atoms with E-state index < -0.39 is 0 Å². The molecule has 0 fully saturated rings. The smallest absolute Gasteiger partial charge is 0.269 e. The Balaban J connectivity index is 1.58. The van der Waals surface area contributed by atoms with E-state index in [0.29, 0.717) is 21.6 Å². The molecule has 5 nitrogen and oxygen atoms in total. The Hall–Kier alpha value is -2.29. The van der Waals surface area contributed by atoms with Crippen molar-refractivity contribution in [3.05, 3.63) is 45.6 Å². The fourth-order valence-corrected chi connectivity index (χ4v) is 5.23. The monoisotopic (exact) mass is 414 g/mol. The first-order valence-electron chi connectivity index (χ1n) is 8.50. The third-order valence-electron chi connectivity index (χ3n) is 3.97. The molecule has 0 bridgehead atoms. The number of amides is 1. The van der Waals surface area contributed by atoms with E-state index in [1.807, 2.05) is 35.0 Å². The number of pyridine rings is 1. The van der Waals surface area contributed by atoms with Crippen LogP contribution in [-0.2, 0) is 6.42 Å². The Morgan fingerprint density at radius 2 is 2.07 bits per heavy atom. The normalized spacial score (nSPS) is 11.4. The number of hydrogen-bond acceptors (Lipinski definition) is 7. The molecule has 0 saturated heterocycles. The average molecular weight is 415 g/mol. The number of thiazole rings is 1. The second kappa shape index (κ2) is 7.38. The lowest BCUT2D eigenvalue weighted by Gasteiger charge is -2.03. The molecule has 0 spiro atoms. The van der Waals surface area contributed by atoms with Crippen molar-refractivity contribution in [1.82, 2.24) is 9.97 Å². The van der Waals surface area contributed by atoms with E-state index in [1.54, 1.807) is 11.3 Å². The zero-order valence-corrected chi connectivity index (χ0v) is 17.3. The van der Waals surface area contributed by atoms with Gasteiger partial charge in [-0.2, -0.15) is 0 Å². The summed E-state index contributed by atoms with van der Waals surface area (Å²) in [6.45, 7) is 4.32. The summed E-state index contributed by atoms with van der Waals surface area (Å²) in [4.78, 5) is 24.2. The van der Waals surface area contributed by atoms with E-state index in [-0.39, 0.29) is 5.91 Å². The minimum atomic E-state index is -0.243. The quantitative estimate of drug-likeness (QED) is 0.451. The van der Waals surface area contributed by atoms with Crippen molar-refractivity contribution in [2.45, 2.75) is 20.3 Å². The zero-order valence-electron chi connectivity index (χ0n) is 14.9. The van der Waals surface area contributed by atoms with Crippen LogP contribution in [0.15, 0.2) is 35.0 Å². The summed E-state index contributed by atoms with van der Waals surface area (Å²) >= 11 is 4.35. The van der Waals surface area contributed by atoms with Gasteiger partial charge in [-0.15, -0.1) is 34.0 Å². The van der Waals surface area contributed by atoms with Crippen molar-refractivity contribution in [2.75, 3.05) is 11.1 Å². The van der Waals surface area contributed by atoms with Gasteiger partial charge in [0, 0.05) is 16.5 Å². The number of fused-ring (bicyclic) bond motifs is 1. The Bertz CT molecular complexity index is 1100. The molecule has 0 atom stereocenters. The summed E-state index contributed by atoms with van der Waals surface area (Å²) in [5.41, 5.74) is 8.59. The number of nitrogens with zero attached hydrogens (tertiary/aromatic N) is 2. The Morgan fingerprint density at radius 3 is 2.81 bits per heavy atom. The Labute approximate surface area is 168 Å². The van der Waals surface area contributed by atoms with Gasteiger partial charge in [0.2, 0.25) is 0 Å². The van der Waals surface area contributed by atoms with E-state index in [2.05, 4.69) is 29.1 Å². The van der Waals surface area contributed by atoms with Gasteiger partial charge >= 0.3 is 0 Å². The van der Waals surface area contributed by atoms with E-state index in [9.17, 15) is 4.79 Å². The molecule has 4 heterocycles. The average Bonchev–Trinajstić information content (AvgIpc) is 3.34. The molecule has 0 saturated carbocycles. The van der Waals surface area contributed by atoms with Gasteiger partial charge in [0.25, 0.3) is 5.91 Å². The van der Waals surface area contributed by atoms with Crippen molar-refractivity contribution >= 4 is 61.0 Å². The van der Waals surface area contributed by atoms with Crippen LogP contribution in [0, 0.1) is 5.92 Å². The van der Waals surface area contributed by atoms with Crippen molar-refractivity contribution in [3.63, 3.8) is 0 Å². The number of nitrogens with two attached hydrogens (primary N) is 1. The maximum atomic E-state index is 12.7. The minimum Gasteiger partial charge on any atom is -0.397 e. The number of hydrogen-bond donors (Lipinski definition) is 2. The van der Waals surface area contributed by atoms with Crippen LogP contribution in [0.5, 0.6) is 0 Å². The molecule has 0 radical (unpaired) electrons. The standard InChI is InChI=1S/C19H18N4OS3/c1-10(2)8-11-5-6-12-15(20)16(27-18(12)21-11)17(24)23-19-22-13(9-26-19)14-4-3-7-25-14/h3-7,9-10H,8,20H2,1-2H3,(H,22,23,24). The van der Waals surface area contributed by atoms with Gasteiger partial charge < -0.3 is 5.73 Å². The van der Waals surface area contributed by atoms with Crippen LogP contribution in [0.3, 0.4) is 0 Å². The molecule has 3 N–H and O–H groups in total. The highest BCUT2D eigenvalue weighted by Gasteiger charge is 2.19. The maximum absolute atomic E-state index is 12.7. The lowest BCUT2D eigenvalue weighted by Crippen LogP contribution is -2.11. The summed E-state index contributed by atoms with van der Waals surface area (Å²) in [5, 5.41) is 8.20. The topological polar surface area (TPSA) is 80.9 Å². The molecule has 0 aromatic carbocycles. The summed E-state index contributed by atoms with van der Waals surface area (Å²) in [6.07, 6.45) is 0.903. The molecule has 138 valence electrons. The molecule has 4 aromatic rings. The lowest BCUT2D eigenvalue weighted by molar-refractivity contribution is 0.103. The number of anilines is 2. The van der Waals surface area contributed by atoms with Gasteiger partial charge in [-0.1, -0.05) is 19.9 Å². The highest BCUT2D eigenvalue weighted by atomic mass is 32.1. The predicted molar refractivity (Wildman–Crippen MR) is 116 cm³/mol. The van der Waals surface area contributed by atoms with Crippen molar-refractivity contribution in [1.29, 1.82) is 0 Å². The van der Waals surface area contributed by atoms with E-state index >= 15 is 0 Å². The van der Waals surface area contributed by atoms with Gasteiger partial charge in [-0.05, 0) is 35.9 Å². The molecule has 0 aliphatic carbocycles. The number of nitrogen functional groups attached to an aromatic ring is 1. The number of carbonyl (C=O) groups is 1. The molecular weight excluding hydrogens is 396 g/mol. The van der Waals surface area contributed by atoms with Crippen LogP contribution in [0.2, 0.25) is 0 Å². The SMILES string of the molecule is CC(C)Cc1ccc2c(N)c(C(=O)Nc3nc(-c4cccs4)cs3)sc2n1. The van der Waals surface area contributed by atoms with Gasteiger partial charge in [0.1, 0.15) is 9.71 Å². The maximum Gasteiger partial charge on any atom is 0.269 e. The largest absolute Gasteiger partial charge is 0.397 e. The zero-order chi connectivity index (χ0) is 19.0.